The Kier molecular flexibility index (Phi) is 6.51. The fourth-order valence-corrected chi connectivity index (χ4v) is 3.24. The normalized spacial score (nSPS) is 11.6. The third-order valence-corrected chi connectivity index (χ3v) is 4.83. The number of methoxy groups -OCH3 is 1. The van der Waals surface area contributed by atoms with Crippen LogP contribution in [0, 0.1) is 5.82 Å². The molecule has 0 fully saturated rings. The molecule has 0 unspecified atom stereocenters. The smallest absolute Gasteiger partial charge is 0.332 e. The van der Waals surface area contributed by atoms with Crippen LogP contribution in [0.1, 0.15) is 25.2 Å². The van der Waals surface area contributed by atoms with Crippen molar-refractivity contribution in [1.82, 2.24) is 18.7 Å². The van der Waals surface area contributed by atoms with Crippen molar-refractivity contribution in [3.8, 4) is 5.75 Å². The molecule has 0 bridgehead atoms. The van der Waals surface area contributed by atoms with E-state index in [1.165, 1.54) is 15.2 Å². The SMILES string of the molecule is CCn1c(=O)c2c(nc(/C=C/c3ccc(OCCOC)c(F)c3)n2C)n(CC)c1=O. The fraction of sp³-hybridized carbons (Fsp3) is 0.381. The molecule has 2 heterocycles. The van der Waals surface area contributed by atoms with E-state index in [-0.39, 0.29) is 30.2 Å². The van der Waals surface area contributed by atoms with Crippen molar-refractivity contribution >= 4 is 23.3 Å². The number of hydrogen-bond donors (Lipinski definition) is 0. The van der Waals surface area contributed by atoms with Crippen molar-refractivity contribution in [2.75, 3.05) is 20.3 Å². The summed E-state index contributed by atoms with van der Waals surface area (Å²) in [6.45, 7) is 4.89. The van der Waals surface area contributed by atoms with E-state index in [1.54, 1.807) is 49.9 Å². The van der Waals surface area contributed by atoms with Crippen LogP contribution in [0.25, 0.3) is 23.3 Å². The zero-order valence-electron chi connectivity index (χ0n) is 17.5. The van der Waals surface area contributed by atoms with Crippen LogP contribution in [-0.4, -0.2) is 39.0 Å². The summed E-state index contributed by atoms with van der Waals surface area (Å²) in [4.78, 5) is 29.7. The largest absolute Gasteiger partial charge is 0.488 e. The van der Waals surface area contributed by atoms with Crippen LogP contribution >= 0.6 is 0 Å². The van der Waals surface area contributed by atoms with Gasteiger partial charge in [0.2, 0.25) is 0 Å². The maximum Gasteiger partial charge on any atom is 0.332 e. The Bertz CT molecular complexity index is 1210. The molecule has 1 aromatic carbocycles. The summed E-state index contributed by atoms with van der Waals surface area (Å²) in [5.74, 6) is 0.154. The third-order valence-electron chi connectivity index (χ3n) is 4.83. The summed E-state index contributed by atoms with van der Waals surface area (Å²) < 4.78 is 28.7. The molecular weight excluding hydrogens is 391 g/mol. The predicted molar refractivity (Wildman–Crippen MR) is 113 cm³/mol. The van der Waals surface area contributed by atoms with Gasteiger partial charge >= 0.3 is 5.69 Å². The molecule has 0 aliphatic rings. The van der Waals surface area contributed by atoms with Gasteiger partial charge in [-0.25, -0.2) is 14.2 Å². The number of hydrogen-bond acceptors (Lipinski definition) is 5. The highest BCUT2D eigenvalue weighted by Crippen LogP contribution is 2.20. The molecule has 30 heavy (non-hydrogen) atoms. The highest BCUT2D eigenvalue weighted by molar-refractivity contribution is 5.76. The number of imidazole rings is 1. The topological polar surface area (TPSA) is 80.3 Å². The second kappa shape index (κ2) is 9.08. The minimum absolute atomic E-state index is 0.152. The molecule has 0 radical (unpaired) electrons. The molecule has 9 heteroatoms. The van der Waals surface area contributed by atoms with Gasteiger partial charge in [0.15, 0.2) is 22.7 Å². The first-order chi connectivity index (χ1) is 14.4. The maximum absolute atomic E-state index is 14.2. The van der Waals surface area contributed by atoms with Crippen molar-refractivity contribution in [3.05, 3.63) is 56.2 Å². The van der Waals surface area contributed by atoms with E-state index in [2.05, 4.69) is 4.98 Å². The van der Waals surface area contributed by atoms with Crippen LogP contribution in [0.15, 0.2) is 27.8 Å². The first kappa shape index (κ1) is 21.5. The van der Waals surface area contributed by atoms with Crippen LogP contribution in [-0.2, 0) is 24.9 Å². The molecule has 8 nitrogen and oxygen atoms in total. The molecule has 0 atom stereocenters. The first-order valence-electron chi connectivity index (χ1n) is 9.72. The Morgan fingerprint density at radius 2 is 1.83 bits per heavy atom. The Balaban J connectivity index is 1.98. The molecule has 0 amide bonds. The van der Waals surface area contributed by atoms with Gasteiger partial charge in [-0.2, -0.15) is 0 Å². The van der Waals surface area contributed by atoms with Gasteiger partial charge in [-0.05, 0) is 37.6 Å². The van der Waals surface area contributed by atoms with Gasteiger partial charge in [-0.3, -0.25) is 13.9 Å². The minimum Gasteiger partial charge on any atom is -0.488 e. The third kappa shape index (κ3) is 3.93. The molecule has 3 aromatic rings. The van der Waals surface area contributed by atoms with E-state index in [0.717, 1.165) is 0 Å². The van der Waals surface area contributed by atoms with Crippen LogP contribution in [0.2, 0.25) is 0 Å². The van der Waals surface area contributed by atoms with E-state index in [9.17, 15) is 14.0 Å². The van der Waals surface area contributed by atoms with Crippen molar-refractivity contribution < 1.29 is 13.9 Å². The summed E-state index contributed by atoms with van der Waals surface area (Å²) in [5.41, 5.74) is 0.550. The fourth-order valence-electron chi connectivity index (χ4n) is 3.24. The number of fused-ring (bicyclic) bond motifs is 1. The summed E-state index contributed by atoms with van der Waals surface area (Å²) in [6.07, 6.45) is 3.37. The standard InChI is InChI=1S/C21H25FN4O4/c1-5-25-19-18(20(27)26(6-2)21(25)28)24(3)17(23-19)10-8-14-7-9-16(15(22)13-14)30-12-11-29-4/h7-10,13H,5-6,11-12H2,1-4H3/b10-8+. The highest BCUT2D eigenvalue weighted by atomic mass is 19.1. The van der Waals surface area contributed by atoms with Gasteiger partial charge in [0.1, 0.15) is 12.4 Å². The molecule has 3 rings (SSSR count). The lowest BCUT2D eigenvalue weighted by atomic mass is 10.2. The summed E-state index contributed by atoms with van der Waals surface area (Å²) in [5, 5.41) is 0. The second-order valence-corrected chi connectivity index (χ2v) is 6.64. The number of benzene rings is 1. The molecule has 0 spiro atoms. The van der Waals surface area contributed by atoms with Crippen LogP contribution in [0.4, 0.5) is 4.39 Å². The lowest BCUT2D eigenvalue weighted by Crippen LogP contribution is -2.39. The zero-order chi connectivity index (χ0) is 21.8. The number of halogens is 1. The average molecular weight is 416 g/mol. The summed E-state index contributed by atoms with van der Waals surface area (Å²) in [7, 11) is 3.26. The molecular formula is C21H25FN4O4. The van der Waals surface area contributed by atoms with Crippen molar-refractivity contribution in [1.29, 1.82) is 0 Å². The van der Waals surface area contributed by atoms with Gasteiger partial charge in [0.05, 0.1) is 6.61 Å². The number of nitrogens with zero attached hydrogens (tertiary/aromatic N) is 4. The van der Waals surface area contributed by atoms with E-state index in [1.807, 2.05) is 6.92 Å². The van der Waals surface area contributed by atoms with Crippen LogP contribution < -0.4 is 16.0 Å². The van der Waals surface area contributed by atoms with Crippen molar-refractivity contribution in [3.63, 3.8) is 0 Å². The monoisotopic (exact) mass is 416 g/mol. The van der Waals surface area contributed by atoms with Gasteiger partial charge in [0.25, 0.3) is 5.56 Å². The Labute approximate surface area is 172 Å². The molecule has 0 saturated heterocycles. The lowest BCUT2D eigenvalue weighted by molar-refractivity contribution is 0.144. The summed E-state index contributed by atoms with van der Waals surface area (Å²) >= 11 is 0. The van der Waals surface area contributed by atoms with Gasteiger partial charge in [0, 0.05) is 27.2 Å². The first-order valence-corrected chi connectivity index (χ1v) is 9.72. The van der Waals surface area contributed by atoms with Gasteiger partial charge < -0.3 is 14.0 Å². The van der Waals surface area contributed by atoms with E-state index in [4.69, 9.17) is 9.47 Å². The summed E-state index contributed by atoms with van der Waals surface area (Å²) in [6, 6.07) is 4.62. The predicted octanol–water partition coefficient (Wildman–Crippen LogP) is 2.27. The second-order valence-electron chi connectivity index (χ2n) is 6.64. The molecule has 160 valence electrons. The number of aryl methyl sites for hydroxylation is 2. The van der Waals surface area contributed by atoms with E-state index in [0.29, 0.717) is 35.7 Å². The van der Waals surface area contributed by atoms with Gasteiger partial charge in [-0.1, -0.05) is 12.1 Å². The molecule has 0 N–H and O–H groups in total. The quantitative estimate of drug-likeness (QED) is 0.527. The molecule has 2 aromatic heterocycles. The molecule has 0 aliphatic heterocycles. The van der Waals surface area contributed by atoms with Crippen molar-refractivity contribution in [2.24, 2.45) is 7.05 Å². The number of rotatable bonds is 8. The zero-order valence-corrected chi connectivity index (χ0v) is 17.5. The average Bonchev–Trinajstić information content (AvgIpc) is 3.05. The Morgan fingerprint density at radius 3 is 2.47 bits per heavy atom. The van der Waals surface area contributed by atoms with Crippen molar-refractivity contribution in [2.45, 2.75) is 26.9 Å². The van der Waals surface area contributed by atoms with Crippen LogP contribution in [0.5, 0.6) is 5.75 Å². The number of aromatic nitrogens is 4. The van der Waals surface area contributed by atoms with E-state index < -0.39 is 5.82 Å². The highest BCUT2D eigenvalue weighted by Gasteiger charge is 2.17. The minimum atomic E-state index is -0.482. The maximum atomic E-state index is 14.2. The van der Waals surface area contributed by atoms with E-state index >= 15 is 0 Å². The Hall–Kier alpha value is -3.20. The molecule has 0 saturated carbocycles. The Morgan fingerprint density at radius 1 is 1.10 bits per heavy atom. The van der Waals surface area contributed by atoms with Crippen LogP contribution in [0.3, 0.4) is 0 Å². The van der Waals surface area contributed by atoms with Gasteiger partial charge in [-0.15, -0.1) is 0 Å². The molecule has 0 aliphatic carbocycles. The number of ether oxygens (including phenoxy) is 2. The lowest BCUT2D eigenvalue weighted by Gasteiger charge is -2.08.